The average molecular weight is 126 g/mol. The summed E-state index contributed by atoms with van der Waals surface area (Å²) in [6, 6.07) is -0.211. The minimum absolute atomic E-state index is 0.0347. The van der Waals surface area contributed by atoms with Crippen molar-refractivity contribution >= 4 is 5.91 Å². The molecule has 3 nitrogen and oxygen atoms in total. The first kappa shape index (κ1) is 5.23. The zero-order valence-corrected chi connectivity index (χ0v) is 5.18. The number of rotatable bonds is 0. The van der Waals surface area contributed by atoms with Crippen LogP contribution in [-0.4, -0.2) is 18.5 Å². The minimum atomic E-state index is -0.211. The van der Waals surface area contributed by atoms with Gasteiger partial charge in [0.25, 0.3) is 0 Å². The van der Waals surface area contributed by atoms with Crippen LogP contribution in [0.4, 0.5) is 0 Å². The van der Waals surface area contributed by atoms with E-state index >= 15 is 0 Å². The maximum Gasteiger partial charge on any atom is 0.237 e. The monoisotopic (exact) mass is 126 g/mol. The first-order chi connectivity index (χ1) is 4.25. The van der Waals surface area contributed by atoms with Gasteiger partial charge in [0.15, 0.2) is 0 Å². The van der Waals surface area contributed by atoms with E-state index in [0.717, 1.165) is 19.4 Å². The Morgan fingerprint density at radius 2 is 2.33 bits per heavy atom. The molecule has 0 aromatic rings. The molecular formula is C6H10N2O. The summed E-state index contributed by atoms with van der Waals surface area (Å²) in [6.07, 6.45) is 2.26. The van der Waals surface area contributed by atoms with Crippen LogP contribution in [-0.2, 0) is 4.79 Å². The summed E-state index contributed by atoms with van der Waals surface area (Å²) >= 11 is 0. The van der Waals surface area contributed by atoms with E-state index in [1.54, 1.807) is 0 Å². The first-order valence-corrected chi connectivity index (χ1v) is 3.28. The van der Waals surface area contributed by atoms with Crippen LogP contribution in [0.15, 0.2) is 0 Å². The van der Waals surface area contributed by atoms with E-state index in [0.29, 0.717) is 0 Å². The fourth-order valence-corrected chi connectivity index (χ4v) is 1.41. The standard InChI is InChI=1S/C6H10N2O/c7-4-5(9)8-3-6(4)1-2-6/h4H,1-3,7H2,(H,8,9). The van der Waals surface area contributed by atoms with E-state index in [4.69, 9.17) is 5.73 Å². The Morgan fingerprint density at radius 3 is 2.56 bits per heavy atom. The highest BCUT2D eigenvalue weighted by molar-refractivity contribution is 5.85. The molecule has 2 aliphatic rings. The highest BCUT2D eigenvalue weighted by Gasteiger charge is 2.54. The number of carbonyl (C=O) groups is 1. The third-order valence-electron chi connectivity index (χ3n) is 2.45. The van der Waals surface area contributed by atoms with Crippen LogP contribution in [0, 0.1) is 5.41 Å². The topological polar surface area (TPSA) is 55.1 Å². The molecule has 1 aliphatic heterocycles. The van der Waals surface area contributed by atoms with Gasteiger partial charge in [-0.25, -0.2) is 0 Å². The molecule has 0 aromatic carbocycles. The SMILES string of the molecule is NC1C(=O)NCC12CC2. The summed E-state index contributed by atoms with van der Waals surface area (Å²) in [4.78, 5) is 10.8. The first-order valence-electron chi connectivity index (χ1n) is 3.28. The molecule has 50 valence electrons. The van der Waals surface area contributed by atoms with Crippen molar-refractivity contribution < 1.29 is 4.79 Å². The summed E-state index contributed by atoms with van der Waals surface area (Å²) < 4.78 is 0. The molecule has 0 bridgehead atoms. The molecule has 0 radical (unpaired) electrons. The number of hydrogen-bond acceptors (Lipinski definition) is 2. The Labute approximate surface area is 53.6 Å². The van der Waals surface area contributed by atoms with E-state index in [2.05, 4.69) is 5.32 Å². The molecular weight excluding hydrogens is 116 g/mol. The van der Waals surface area contributed by atoms with Crippen molar-refractivity contribution in [1.82, 2.24) is 5.32 Å². The van der Waals surface area contributed by atoms with Crippen LogP contribution in [0.2, 0.25) is 0 Å². The molecule has 1 saturated heterocycles. The molecule has 3 N–H and O–H groups in total. The lowest BCUT2D eigenvalue weighted by atomic mass is 10.0. The summed E-state index contributed by atoms with van der Waals surface area (Å²) in [5.74, 6) is 0.0347. The van der Waals surface area contributed by atoms with Crippen molar-refractivity contribution in [3.05, 3.63) is 0 Å². The van der Waals surface area contributed by atoms with Crippen LogP contribution in [0.1, 0.15) is 12.8 Å². The van der Waals surface area contributed by atoms with Gasteiger partial charge in [0.2, 0.25) is 5.91 Å². The molecule has 2 fully saturated rings. The molecule has 1 saturated carbocycles. The second kappa shape index (κ2) is 1.29. The van der Waals surface area contributed by atoms with E-state index in [1.165, 1.54) is 0 Å². The van der Waals surface area contributed by atoms with Gasteiger partial charge in [0.05, 0.1) is 6.04 Å². The van der Waals surface area contributed by atoms with Gasteiger partial charge in [-0.1, -0.05) is 0 Å². The van der Waals surface area contributed by atoms with Crippen LogP contribution >= 0.6 is 0 Å². The minimum Gasteiger partial charge on any atom is -0.354 e. The molecule has 1 aliphatic carbocycles. The summed E-state index contributed by atoms with van der Waals surface area (Å²) in [7, 11) is 0. The molecule has 1 atom stereocenters. The Balaban J connectivity index is 2.22. The van der Waals surface area contributed by atoms with Crippen LogP contribution in [0.5, 0.6) is 0 Å². The Morgan fingerprint density at radius 1 is 1.67 bits per heavy atom. The lowest BCUT2D eigenvalue weighted by Gasteiger charge is -2.06. The third-order valence-corrected chi connectivity index (χ3v) is 2.45. The number of nitrogens with one attached hydrogen (secondary N) is 1. The van der Waals surface area contributed by atoms with Crippen LogP contribution in [0.25, 0.3) is 0 Å². The fraction of sp³-hybridized carbons (Fsp3) is 0.833. The second-order valence-electron chi connectivity index (χ2n) is 3.06. The number of carbonyl (C=O) groups excluding carboxylic acids is 1. The molecule has 1 heterocycles. The van der Waals surface area contributed by atoms with Crippen molar-refractivity contribution in [2.24, 2.45) is 11.1 Å². The Hall–Kier alpha value is -0.570. The van der Waals surface area contributed by atoms with Gasteiger partial charge in [-0.3, -0.25) is 4.79 Å². The Kier molecular flexibility index (Phi) is 0.750. The van der Waals surface area contributed by atoms with E-state index in [9.17, 15) is 4.79 Å². The third kappa shape index (κ3) is 0.525. The zero-order valence-electron chi connectivity index (χ0n) is 5.18. The fourth-order valence-electron chi connectivity index (χ4n) is 1.41. The number of hydrogen-bond donors (Lipinski definition) is 2. The maximum absolute atomic E-state index is 10.8. The second-order valence-corrected chi connectivity index (χ2v) is 3.06. The normalized spacial score (nSPS) is 37.0. The van der Waals surface area contributed by atoms with Gasteiger partial charge in [-0.15, -0.1) is 0 Å². The van der Waals surface area contributed by atoms with Crippen molar-refractivity contribution in [2.45, 2.75) is 18.9 Å². The van der Waals surface area contributed by atoms with Gasteiger partial charge in [0.1, 0.15) is 0 Å². The number of amides is 1. The van der Waals surface area contributed by atoms with E-state index in [-0.39, 0.29) is 17.4 Å². The predicted molar refractivity (Wildman–Crippen MR) is 32.7 cm³/mol. The van der Waals surface area contributed by atoms with Crippen molar-refractivity contribution in [1.29, 1.82) is 0 Å². The molecule has 1 amide bonds. The van der Waals surface area contributed by atoms with Gasteiger partial charge >= 0.3 is 0 Å². The molecule has 9 heavy (non-hydrogen) atoms. The van der Waals surface area contributed by atoms with Crippen LogP contribution < -0.4 is 11.1 Å². The summed E-state index contributed by atoms with van der Waals surface area (Å²) in [5, 5.41) is 2.76. The Bertz CT molecular complexity index is 162. The molecule has 2 rings (SSSR count). The molecule has 1 spiro atoms. The average Bonchev–Trinajstić information content (AvgIpc) is 2.57. The highest BCUT2D eigenvalue weighted by atomic mass is 16.2. The van der Waals surface area contributed by atoms with E-state index in [1.807, 2.05) is 0 Å². The van der Waals surface area contributed by atoms with Gasteiger partial charge in [0, 0.05) is 12.0 Å². The molecule has 0 aromatic heterocycles. The predicted octanol–water partition coefficient (Wildman–Crippen LogP) is -0.776. The smallest absolute Gasteiger partial charge is 0.237 e. The zero-order chi connectivity index (χ0) is 6.48. The quantitative estimate of drug-likeness (QED) is 0.447. The lowest BCUT2D eigenvalue weighted by molar-refractivity contribution is -0.120. The van der Waals surface area contributed by atoms with Gasteiger partial charge < -0.3 is 11.1 Å². The number of nitrogens with two attached hydrogens (primary N) is 1. The summed E-state index contributed by atoms with van der Waals surface area (Å²) in [6.45, 7) is 0.812. The van der Waals surface area contributed by atoms with Gasteiger partial charge in [-0.05, 0) is 12.8 Å². The van der Waals surface area contributed by atoms with Crippen molar-refractivity contribution in [2.75, 3.05) is 6.54 Å². The summed E-state index contributed by atoms with van der Waals surface area (Å²) in [5.41, 5.74) is 5.80. The highest BCUT2D eigenvalue weighted by Crippen LogP contribution is 2.49. The molecule has 3 heteroatoms. The molecule has 1 unspecified atom stereocenters. The lowest BCUT2D eigenvalue weighted by Crippen LogP contribution is -2.34. The van der Waals surface area contributed by atoms with Crippen LogP contribution in [0.3, 0.4) is 0 Å². The largest absolute Gasteiger partial charge is 0.354 e. The van der Waals surface area contributed by atoms with Crippen molar-refractivity contribution in [3.8, 4) is 0 Å². The van der Waals surface area contributed by atoms with Gasteiger partial charge in [-0.2, -0.15) is 0 Å². The maximum atomic E-state index is 10.8. The van der Waals surface area contributed by atoms with Crippen molar-refractivity contribution in [3.63, 3.8) is 0 Å². The van der Waals surface area contributed by atoms with E-state index < -0.39 is 0 Å².